The number of rotatable bonds is 7. The molecule has 5 nitrogen and oxygen atoms in total. The van der Waals surface area contributed by atoms with E-state index >= 15 is 0 Å². The van der Waals surface area contributed by atoms with E-state index in [1.807, 2.05) is 0 Å². The highest BCUT2D eigenvalue weighted by Gasteiger charge is 1.95. The zero-order valence-electron chi connectivity index (χ0n) is 9.27. The van der Waals surface area contributed by atoms with E-state index < -0.39 is 0 Å². The Morgan fingerprint density at radius 2 is 2.31 bits per heavy atom. The largest absolute Gasteiger partial charge is 0.382 e. The monoisotopic (exact) mass is 221 g/mol. The Kier molecular flexibility index (Phi) is 5.92. The van der Waals surface area contributed by atoms with Crippen molar-refractivity contribution in [3.8, 4) is 6.07 Å². The first-order chi connectivity index (χ1) is 7.86. The molecule has 0 aliphatic rings. The predicted octanol–water partition coefficient (Wildman–Crippen LogP) is 1.03. The molecule has 0 aliphatic carbocycles. The number of ether oxygens (including phenoxy) is 2. The molecular weight excluding hydrogens is 206 g/mol. The Bertz CT molecular complexity index is 349. The van der Waals surface area contributed by atoms with Gasteiger partial charge in [0.2, 0.25) is 0 Å². The van der Waals surface area contributed by atoms with E-state index in [4.69, 9.17) is 14.7 Å². The Labute approximate surface area is 95.0 Å². The highest BCUT2D eigenvalue weighted by Crippen LogP contribution is 2.04. The lowest BCUT2D eigenvalue weighted by molar-refractivity contribution is 0.0759. The summed E-state index contributed by atoms with van der Waals surface area (Å²) in [7, 11) is 1.64. The van der Waals surface area contributed by atoms with Crippen LogP contribution in [0.15, 0.2) is 18.3 Å². The van der Waals surface area contributed by atoms with Crippen molar-refractivity contribution in [1.29, 1.82) is 5.26 Å². The fourth-order valence-electron chi connectivity index (χ4n) is 1.09. The molecule has 0 bridgehead atoms. The summed E-state index contributed by atoms with van der Waals surface area (Å²) in [5.41, 5.74) is 0.595. The Hall–Kier alpha value is -1.64. The summed E-state index contributed by atoms with van der Waals surface area (Å²) in [6.07, 6.45) is 1.60. The highest BCUT2D eigenvalue weighted by molar-refractivity contribution is 5.42. The first kappa shape index (κ1) is 12.4. The van der Waals surface area contributed by atoms with Gasteiger partial charge in [-0.05, 0) is 12.1 Å². The number of anilines is 1. The van der Waals surface area contributed by atoms with Crippen molar-refractivity contribution in [3.63, 3.8) is 0 Å². The van der Waals surface area contributed by atoms with Crippen LogP contribution < -0.4 is 5.32 Å². The molecular formula is C11H15N3O2. The minimum atomic E-state index is 0.585. The second kappa shape index (κ2) is 7.63. The molecule has 0 spiro atoms. The minimum absolute atomic E-state index is 0.585. The molecule has 0 unspecified atom stereocenters. The molecule has 0 aromatic carbocycles. The Morgan fingerprint density at radius 3 is 3.06 bits per heavy atom. The predicted molar refractivity (Wildman–Crippen MR) is 60.1 cm³/mol. The van der Waals surface area contributed by atoms with Gasteiger partial charge < -0.3 is 14.8 Å². The molecule has 0 fully saturated rings. The fraction of sp³-hybridized carbons (Fsp3) is 0.455. The van der Waals surface area contributed by atoms with Crippen LogP contribution in [0.2, 0.25) is 0 Å². The van der Waals surface area contributed by atoms with E-state index in [1.54, 1.807) is 25.4 Å². The summed E-state index contributed by atoms with van der Waals surface area (Å²) >= 11 is 0. The lowest BCUT2D eigenvalue weighted by atomic mass is 10.3. The standard InChI is InChI=1S/C11H15N3O2/c1-15-6-7-16-5-4-14-11-8-10(9-12)2-3-13-11/h2-3,8H,4-7H2,1H3,(H,13,14). The van der Waals surface area contributed by atoms with Gasteiger partial charge in [-0.2, -0.15) is 5.26 Å². The number of pyridine rings is 1. The van der Waals surface area contributed by atoms with Crippen LogP contribution in [-0.2, 0) is 9.47 Å². The van der Waals surface area contributed by atoms with Crippen molar-refractivity contribution in [2.24, 2.45) is 0 Å². The molecule has 0 aliphatic heterocycles. The van der Waals surface area contributed by atoms with Gasteiger partial charge in [0.05, 0.1) is 31.5 Å². The summed E-state index contributed by atoms with van der Waals surface area (Å²) in [4.78, 5) is 4.08. The van der Waals surface area contributed by atoms with Crippen molar-refractivity contribution in [1.82, 2.24) is 4.98 Å². The number of nitriles is 1. The molecule has 1 aromatic heterocycles. The molecule has 1 N–H and O–H groups in total. The van der Waals surface area contributed by atoms with Gasteiger partial charge in [0, 0.05) is 19.9 Å². The SMILES string of the molecule is COCCOCCNc1cc(C#N)ccn1. The quantitative estimate of drug-likeness (QED) is 0.696. The van der Waals surface area contributed by atoms with Gasteiger partial charge in [-0.1, -0.05) is 0 Å². The smallest absolute Gasteiger partial charge is 0.127 e. The number of hydrogen-bond donors (Lipinski definition) is 1. The maximum absolute atomic E-state index is 8.69. The molecule has 5 heteroatoms. The zero-order chi connectivity index (χ0) is 11.6. The normalized spacial score (nSPS) is 9.75. The van der Waals surface area contributed by atoms with Gasteiger partial charge in [0.25, 0.3) is 0 Å². The molecule has 0 saturated heterocycles. The molecule has 86 valence electrons. The van der Waals surface area contributed by atoms with Gasteiger partial charge in [0.1, 0.15) is 5.82 Å². The van der Waals surface area contributed by atoms with Crippen LogP contribution in [0.5, 0.6) is 0 Å². The van der Waals surface area contributed by atoms with Crippen LogP contribution in [0.1, 0.15) is 5.56 Å². The second-order valence-electron chi connectivity index (χ2n) is 3.07. The number of nitrogens with zero attached hydrogens (tertiary/aromatic N) is 2. The molecule has 0 radical (unpaired) electrons. The second-order valence-corrected chi connectivity index (χ2v) is 3.07. The van der Waals surface area contributed by atoms with Gasteiger partial charge in [-0.3, -0.25) is 0 Å². The summed E-state index contributed by atoms with van der Waals surface area (Å²) < 4.78 is 10.1. The molecule has 0 saturated carbocycles. The average Bonchev–Trinajstić information content (AvgIpc) is 2.34. The number of nitrogens with one attached hydrogen (secondary N) is 1. The lowest BCUT2D eigenvalue weighted by Crippen LogP contribution is -2.12. The van der Waals surface area contributed by atoms with Gasteiger partial charge in [0.15, 0.2) is 0 Å². The molecule has 1 aromatic rings. The van der Waals surface area contributed by atoms with E-state index in [-0.39, 0.29) is 0 Å². The van der Waals surface area contributed by atoms with Crippen LogP contribution in [0.4, 0.5) is 5.82 Å². The van der Waals surface area contributed by atoms with E-state index in [0.717, 1.165) is 0 Å². The fourth-order valence-corrected chi connectivity index (χ4v) is 1.09. The van der Waals surface area contributed by atoms with E-state index in [1.165, 1.54) is 0 Å². The van der Waals surface area contributed by atoms with E-state index in [2.05, 4.69) is 16.4 Å². The average molecular weight is 221 g/mol. The van der Waals surface area contributed by atoms with Gasteiger partial charge in [-0.15, -0.1) is 0 Å². The Balaban J connectivity index is 2.19. The lowest BCUT2D eigenvalue weighted by Gasteiger charge is -2.06. The highest BCUT2D eigenvalue weighted by atomic mass is 16.5. The first-order valence-corrected chi connectivity index (χ1v) is 5.03. The third kappa shape index (κ3) is 4.73. The third-order valence-electron chi connectivity index (χ3n) is 1.87. The summed E-state index contributed by atoms with van der Waals surface area (Å²) in [5.74, 6) is 0.689. The van der Waals surface area contributed by atoms with Crippen LogP contribution in [0.3, 0.4) is 0 Å². The summed E-state index contributed by atoms with van der Waals surface area (Å²) in [6, 6.07) is 5.43. The maximum atomic E-state index is 8.69. The number of methoxy groups -OCH3 is 1. The molecule has 1 rings (SSSR count). The van der Waals surface area contributed by atoms with E-state index in [0.29, 0.717) is 37.7 Å². The van der Waals surface area contributed by atoms with Crippen LogP contribution in [0, 0.1) is 11.3 Å². The summed E-state index contributed by atoms with van der Waals surface area (Å²) in [6.45, 7) is 2.43. The van der Waals surface area contributed by atoms with Crippen molar-refractivity contribution < 1.29 is 9.47 Å². The Morgan fingerprint density at radius 1 is 1.44 bits per heavy atom. The van der Waals surface area contributed by atoms with Crippen molar-refractivity contribution in [2.45, 2.75) is 0 Å². The zero-order valence-corrected chi connectivity index (χ0v) is 9.27. The topological polar surface area (TPSA) is 67.2 Å². The summed E-state index contributed by atoms with van der Waals surface area (Å²) in [5, 5.41) is 11.8. The van der Waals surface area contributed by atoms with Crippen molar-refractivity contribution in [2.75, 3.05) is 38.8 Å². The van der Waals surface area contributed by atoms with Gasteiger partial charge in [-0.25, -0.2) is 4.98 Å². The molecule has 16 heavy (non-hydrogen) atoms. The van der Waals surface area contributed by atoms with Crippen LogP contribution in [0.25, 0.3) is 0 Å². The van der Waals surface area contributed by atoms with Crippen molar-refractivity contribution in [3.05, 3.63) is 23.9 Å². The van der Waals surface area contributed by atoms with Crippen molar-refractivity contribution >= 4 is 5.82 Å². The molecule has 0 atom stereocenters. The minimum Gasteiger partial charge on any atom is -0.382 e. The first-order valence-electron chi connectivity index (χ1n) is 5.03. The third-order valence-corrected chi connectivity index (χ3v) is 1.87. The van der Waals surface area contributed by atoms with Gasteiger partial charge >= 0.3 is 0 Å². The van der Waals surface area contributed by atoms with Crippen LogP contribution in [-0.4, -0.2) is 38.5 Å². The number of hydrogen-bond acceptors (Lipinski definition) is 5. The van der Waals surface area contributed by atoms with Crippen LogP contribution >= 0.6 is 0 Å². The van der Waals surface area contributed by atoms with E-state index in [9.17, 15) is 0 Å². The molecule has 1 heterocycles. The number of aromatic nitrogens is 1. The maximum Gasteiger partial charge on any atom is 0.127 e. The molecule has 0 amide bonds.